The third-order valence-electron chi connectivity index (χ3n) is 3.26. The van der Waals surface area contributed by atoms with Crippen molar-refractivity contribution in [2.75, 3.05) is 7.11 Å². The van der Waals surface area contributed by atoms with Gasteiger partial charge in [0.2, 0.25) is 0 Å². The molecular formula is C11H17NO2. The molecule has 1 aromatic rings. The van der Waals surface area contributed by atoms with Crippen molar-refractivity contribution in [2.24, 2.45) is 11.1 Å². The van der Waals surface area contributed by atoms with E-state index in [-0.39, 0.29) is 11.0 Å². The van der Waals surface area contributed by atoms with Crippen molar-refractivity contribution in [3.05, 3.63) is 23.7 Å². The van der Waals surface area contributed by atoms with Crippen LogP contribution >= 0.6 is 0 Å². The summed E-state index contributed by atoms with van der Waals surface area (Å²) >= 11 is 0. The lowest BCUT2D eigenvalue weighted by Crippen LogP contribution is -2.26. The fraction of sp³-hybridized carbons (Fsp3) is 0.636. The predicted octanol–water partition coefficient (Wildman–Crippen LogP) is 2.01. The summed E-state index contributed by atoms with van der Waals surface area (Å²) in [5.41, 5.74) is 7.20. The summed E-state index contributed by atoms with van der Waals surface area (Å²) in [6, 6.07) is 1.93. The van der Waals surface area contributed by atoms with Crippen LogP contribution in [0.15, 0.2) is 16.7 Å². The average Bonchev–Trinajstić information content (AvgIpc) is 2.50. The second-order valence-electron chi connectivity index (χ2n) is 4.74. The lowest BCUT2D eigenvalue weighted by Gasteiger charge is -2.13. The van der Waals surface area contributed by atoms with E-state index in [1.54, 1.807) is 13.4 Å². The van der Waals surface area contributed by atoms with Crippen LogP contribution in [0.3, 0.4) is 0 Å². The summed E-state index contributed by atoms with van der Waals surface area (Å²) in [5.74, 6) is 0.893. The number of methoxy groups -OCH3 is 1. The molecule has 0 aliphatic heterocycles. The van der Waals surface area contributed by atoms with E-state index in [2.05, 4.69) is 13.8 Å². The monoisotopic (exact) mass is 195 g/mol. The minimum Gasteiger partial charge on any atom is -0.467 e. The Labute approximate surface area is 84.2 Å². The van der Waals surface area contributed by atoms with Crippen LogP contribution in [-0.4, -0.2) is 7.11 Å². The highest BCUT2D eigenvalue weighted by Crippen LogP contribution is 2.61. The van der Waals surface area contributed by atoms with Crippen LogP contribution in [0.1, 0.15) is 31.6 Å². The molecule has 0 radical (unpaired) electrons. The molecule has 1 aliphatic rings. The number of hydrogen-bond donors (Lipinski definition) is 1. The molecule has 0 aromatic carbocycles. The fourth-order valence-electron chi connectivity index (χ4n) is 2.04. The van der Waals surface area contributed by atoms with Crippen LogP contribution in [0.4, 0.5) is 0 Å². The first-order valence-corrected chi connectivity index (χ1v) is 4.86. The highest BCUT2D eigenvalue weighted by atomic mass is 16.5. The molecule has 2 rings (SSSR count). The first-order valence-electron chi connectivity index (χ1n) is 4.86. The van der Waals surface area contributed by atoms with Crippen molar-refractivity contribution in [3.8, 4) is 0 Å². The van der Waals surface area contributed by atoms with E-state index < -0.39 is 0 Å². The Balaban J connectivity index is 2.29. The molecule has 1 atom stereocenters. The van der Waals surface area contributed by atoms with Crippen LogP contribution in [0, 0.1) is 5.41 Å². The zero-order chi connectivity index (χ0) is 10.4. The summed E-state index contributed by atoms with van der Waals surface area (Å²) in [6.07, 6.45) is 2.66. The number of nitrogens with two attached hydrogens (primary N) is 1. The Bertz CT molecular complexity index is 343. The topological polar surface area (TPSA) is 48.4 Å². The average molecular weight is 195 g/mol. The maximum atomic E-state index is 6.27. The molecule has 2 N–H and O–H groups in total. The van der Waals surface area contributed by atoms with Crippen LogP contribution in [0.5, 0.6) is 0 Å². The first-order chi connectivity index (χ1) is 6.51. The maximum absolute atomic E-state index is 6.27. The summed E-state index contributed by atoms with van der Waals surface area (Å²) in [7, 11) is 1.68. The first kappa shape index (κ1) is 9.74. The Morgan fingerprint density at radius 2 is 2.21 bits per heavy atom. The minimum absolute atomic E-state index is 0.146. The van der Waals surface area contributed by atoms with Crippen molar-refractivity contribution in [2.45, 2.75) is 32.4 Å². The third kappa shape index (κ3) is 1.20. The van der Waals surface area contributed by atoms with E-state index >= 15 is 0 Å². The lowest BCUT2D eigenvalue weighted by atomic mass is 10.0. The van der Waals surface area contributed by atoms with Crippen LogP contribution in [0.2, 0.25) is 0 Å². The van der Waals surface area contributed by atoms with Gasteiger partial charge in [0.1, 0.15) is 5.76 Å². The standard InChI is InChI=1S/C11H17NO2/c1-10(2)7-11(10,12)9-8(6-13-3)4-5-14-9/h4-5H,6-7,12H2,1-3H3. The zero-order valence-electron chi connectivity index (χ0n) is 8.96. The van der Waals surface area contributed by atoms with Gasteiger partial charge in [-0.1, -0.05) is 13.8 Å². The maximum Gasteiger partial charge on any atom is 0.129 e. The Morgan fingerprint density at radius 3 is 2.71 bits per heavy atom. The molecule has 14 heavy (non-hydrogen) atoms. The number of hydrogen-bond acceptors (Lipinski definition) is 3. The minimum atomic E-state index is -0.287. The summed E-state index contributed by atoms with van der Waals surface area (Å²) in [5, 5.41) is 0. The molecule has 0 amide bonds. The van der Waals surface area contributed by atoms with E-state index in [9.17, 15) is 0 Å². The normalized spacial score (nSPS) is 29.1. The van der Waals surface area contributed by atoms with E-state index in [4.69, 9.17) is 14.9 Å². The highest BCUT2D eigenvalue weighted by Gasteiger charge is 2.62. The van der Waals surface area contributed by atoms with E-state index in [1.165, 1.54) is 0 Å². The van der Waals surface area contributed by atoms with Crippen molar-refractivity contribution in [3.63, 3.8) is 0 Å². The van der Waals surface area contributed by atoms with Gasteiger partial charge in [0, 0.05) is 12.7 Å². The van der Waals surface area contributed by atoms with Crippen LogP contribution < -0.4 is 5.73 Å². The Hall–Kier alpha value is -0.800. The summed E-state index contributed by atoms with van der Waals surface area (Å²) in [6.45, 7) is 4.89. The van der Waals surface area contributed by atoms with Gasteiger partial charge in [-0.3, -0.25) is 0 Å². The number of ether oxygens (including phenoxy) is 1. The fourth-order valence-corrected chi connectivity index (χ4v) is 2.04. The molecule has 1 aliphatic carbocycles. The van der Waals surface area contributed by atoms with Crippen LogP contribution in [-0.2, 0) is 16.9 Å². The molecule has 1 heterocycles. The van der Waals surface area contributed by atoms with Gasteiger partial charge in [0.25, 0.3) is 0 Å². The van der Waals surface area contributed by atoms with Crippen molar-refractivity contribution < 1.29 is 9.15 Å². The molecule has 78 valence electrons. The molecular weight excluding hydrogens is 178 g/mol. The lowest BCUT2D eigenvalue weighted by molar-refractivity contribution is 0.181. The zero-order valence-corrected chi connectivity index (χ0v) is 8.96. The smallest absolute Gasteiger partial charge is 0.129 e. The number of furan rings is 1. The third-order valence-corrected chi connectivity index (χ3v) is 3.26. The van der Waals surface area contributed by atoms with E-state index in [0.29, 0.717) is 6.61 Å². The molecule has 1 unspecified atom stereocenters. The van der Waals surface area contributed by atoms with Gasteiger partial charge in [-0.05, 0) is 17.9 Å². The molecule has 3 nitrogen and oxygen atoms in total. The van der Waals surface area contributed by atoms with Crippen molar-refractivity contribution >= 4 is 0 Å². The second-order valence-corrected chi connectivity index (χ2v) is 4.74. The molecule has 1 fully saturated rings. The Morgan fingerprint density at radius 1 is 1.57 bits per heavy atom. The van der Waals surface area contributed by atoms with Gasteiger partial charge >= 0.3 is 0 Å². The van der Waals surface area contributed by atoms with Gasteiger partial charge in [0.05, 0.1) is 18.4 Å². The molecule has 1 aromatic heterocycles. The van der Waals surface area contributed by atoms with Crippen molar-refractivity contribution in [1.29, 1.82) is 0 Å². The van der Waals surface area contributed by atoms with Gasteiger partial charge < -0.3 is 14.9 Å². The van der Waals surface area contributed by atoms with Crippen molar-refractivity contribution in [1.82, 2.24) is 0 Å². The molecule has 0 saturated heterocycles. The van der Waals surface area contributed by atoms with E-state index in [0.717, 1.165) is 17.7 Å². The molecule has 0 spiro atoms. The molecule has 0 bridgehead atoms. The van der Waals surface area contributed by atoms with Gasteiger partial charge in [-0.15, -0.1) is 0 Å². The number of rotatable bonds is 3. The molecule has 3 heteroatoms. The molecule has 1 saturated carbocycles. The largest absolute Gasteiger partial charge is 0.467 e. The van der Waals surface area contributed by atoms with Gasteiger partial charge in [-0.25, -0.2) is 0 Å². The quantitative estimate of drug-likeness (QED) is 0.802. The summed E-state index contributed by atoms with van der Waals surface area (Å²) < 4.78 is 10.6. The Kier molecular flexibility index (Phi) is 1.98. The SMILES string of the molecule is COCc1ccoc1C1(N)CC1(C)C. The van der Waals surface area contributed by atoms with E-state index in [1.807, 2.05) is 6.07 Å². The second kappa shape index (κ2) is 2.84. The van der Waals surface area contributed by atoms with Gasteiger partial charge in [0.15, 0.2) is 0 Å². The van der Waals surface area contributed by atoms with Gasteiger partial charge in [-0.2, -0.15) is 0 Å². The summed E-state index contributed by atoms with van der Waals surface area (Å²) in [4.78, 5) is 0. The predicted molar refractivity (Wildman–Crippen MR) is 53.7 cm³/mol. The van der Waals surface area contributed by atoms with Crippen LogP contribution in [0.25, 0.3) is 0 Å². The highest BCUT2D eigenvalue weighted by molar-refractivity contribution is 5.33.